The van der Waals surface area contributed by atoms with E-state index in [1.54, 1.807) is 0 Å². The molecule has 0 radical (unpaired) electrons. The second-order valence-corrected chi connectivity index (χ2v) is 3.82. The summed E-state index contributed by atoms with van der Waals surface area (Å²) in [4.78, 5) is 3.62. The molecule has 0 unspecified atom stereocenters. The number of nitrogens with zero attached hydrogens (tertiary/aromatic N) is 2. The summed E-state index contributed by atoms with van der Waals surface area (Å²) in [6.07, 6.45) is -3.35. The fraction of sp³-hybridized carbons (Fsp3) is 0.750. The molecule has 0 aromatic carbocycles. The van der Waals surface area contributed by atoms with Crippen molar-refractivity contribution >= 4 is 0 Å². The fourth-order valence-corrected chi connectivity index (χ4v) is 1.40. The predicted octanol–water partition coefficient (Wildman–Crippen LogP) is 3.70. The van der Waals surface area contributed by atoms with E-state index in [9.17, 15) is 13.2 Å². The van der Waals surface area contributed by atoms with E-state index in [1.807, 2.05) is 27.7 Å². The molecule has 0 amide bonds. The van der Waals surface area contributed by atoms with Gasteiger partial charge in [-0.1, -0.05) is 27.7 Å². The SMILES string of the molecule is CC.COCCn1cc(C(F)(F)F)nc1C(C)C. The van der Waals surface area contributed by atoms with E-state index in [-0.39, 0.29) is 5.92 Å². The summed E-state index contributed by atoms with van der Waals surface area (Å²) in [6, 6.07) is 0. The molecular weight excluding hydrogens is 245 g/mol. The Morgan fingerprint density at radius 3 is 2.28 bits per heavy atom. The van der Waals surface area contributed by atoms with E-state index in [2.05, 4.69) is 4.98 Å². The van der Waals surface area contributed by atoms with Gasteiger partial charge in [-0.3, -0.25) is 0 Å². The average molecular weight is 266 g/mol. The van der Waals surface area contributed by atoms with E-state index in [0.717, 1.165) is 6.20 Å². The molecule has 1 aromatic heterocycles. The van der Waals surface area contributed by atoms with E-state index in [4.69, 9.17) is 4.74 Å². The Morgan fingerprint density at radius 2 is 1.89 bits per heavy atom. The van der Waals surface area contributed by atoms with Crippen LogP contribution < -0.4 is 0 Å². The van der Waals surface area contributed by atoms with E-state index in [0.29, 0.717) is 19.0 Å². The lowest BCUT2D eigenvalue weighted by atomic mass is 10.2. The van der Waals surface area contributed by atoms with Crippen LogP contribution in [0.5, 0.6) is 0 Å². The Morgan fingerprint density at radius 1 is 1.33 bits per heavy atom. The molecule has 18 heavy (non-hydrogen) atoms. The van der Waals surface area contributed by atoms with Crippen LogP contribution >= 0.6 is 0 Å². The van der Waals surface area contributed by atoms with Gasteiger partial charge in [-0.15, -0.1) is 0 Å². The molecule has 0 aliphatic rings. The molecule has 1 rings (SSSR count). The molecule has 1 heterocycles. The van der Waals surface area contributed by atoms with Gasteiger partial charge in [0, 0.05) is 25.8 Å². The van der Waals surface area contributed by atoms with Crippen LogP contribution in [0.3, 0.4) is 0 Å². The molecule has 106 valence electrons. The highest BCUT2D eigenvalue weighted by atomic mass is 19.4. The van der Waals surface area contributed by atoms with Crippen molar-refractivity contribution in [1.82, 2.24) is 9.55 Å². The van der Waals surface area contributed by atoms with Gasteiger partial charge >= 0.3 is 6.18 Å². The quantitative estimate of drug-likeness (QED) is 0.831. The highest BCUT2D eigenvalue weighted by Crippen LogP contribution is 2.29. The zero-order chi connectivity index (χ0) is 14.3. The Balaban J connectivity index is 0.00000137. The van der Waals surface area contributed by atoms with Gasteiger partial charge in [-0.05, 0) is 0 Å². The van der Waals surface area contributed by atoms with Crippen molar-refractivity contribution in [2.45, 2.75) is 46.3 Å². The van der Waals surface area contributed by atoms with Gasteiger partial charge in [0.05, 0.1) is 6.61 Å². The number of halogens is 3. The first-order valence-electron chi connectivity index (χ1n) is 5.99. The minimum atomic E-state index is -4.39. The minimum Gasteiger partial charge on any atom is -0.383 e. The fourth-order valence-electron chi connectivity index (χ4n) is 1.40. The van der Waals surface area contributed by atoms with Crippen molar-refractivity contribution in [3.8, 4) is 0 Å². The Labute approximate surface area is 106 Å². The Bertz CT molecular complexity index is 346. The van der Waals surface area contributed by atoms with Crippen LogP contribution in [0.15, 0.2) is 6.20 Å². The highest BCUT2D eigenvalue weighted by Gasteiger charge is 2.34. The van der Waals surface area contributed by atoms with Crippen molar-refractivity contribution in [1.29, 1.82) is 0 Å². The highest BCUT2D eigenvalue weighted by molar-refractivity contribution is 5.10. The first-order valence-corrected chi connectivity index (χ1v) is 5.99. The lowest BCUT2D eigenvalue weighted by Gasteiger charge is -2.08. The number of alkyl halides is 3. The van der Waals surface area contributed by atoms with Crippen molar-refractivity contribution in [2.75, 3.05) is 13.7 Å². The Kier molecular flexibility index (Phi) is 6.98. The molecule has 0 atom stereocenters. The number of methoxy groups -OCH3 is 1. The third kappa shape index (κ3) is 4.68. The molecule has 0 spiro atoms. The van der Waals surface area contributed by atoms with Crippen LogP contribution in [-0.4, -0.2) is 23.3 Å². The molecular formula is C12H21F3N2O. The van der Waals surface area contributed by atoms with E-state index >= 15 is 0 Å². The van der Waals surface area contributed by atoms with Crippen molar-refractivity contribution in [2.24, 2.45) is 0 Å². The average Bonchev–Trinajstić information content (AvgIpc) is 2.73. The predicted molar refractivity (Wildman–Crippen MR) is 64.5 cm³/mol. The molecule has 3 nitrogen and oxygen atoms in total. The lowest BCUT2D eigenvalue weighted by molar-refractivity contribution is -0.141. The molecule has 0 fully saturated rings. The van der Waals surface area contributed by atoms with Crippen molar-refractivity contribution in [3.05, 3.63) is 17.7 Å². The van der Waals surface area contributed by atoms with Crippen LogP contribution in [-0.2, 0) is 17.5 Å². The van der Waals surface area contributed by atoms with Gasteiger partial charge in [0.2, 0.25) is 0 Å². The second kappa shape index (κ2) is 7.41. The molecule has 0 saturated carbocycles. The molecule has 0 aliphatic heterocycles. The van der Waals surface area contributed by atoms with Crippen LogP contribution in [0.2, 0.25) is 0 Å². The molecule has 0 aliphatic carbocycles. The van der Waals surface area contributed by atoms with Gasteiger partial charge in [-0.25, -0.2) is 4.98 Å². The largest absolute Gasteiger partial charge is 0.434 e. The van der Waals surface area contributed by atoms with Gasteiger partial charge in [0.25, 0.3) is 0 Å². The summed E-state index contributed by atoms with van der Waals surface area (Å²) in [5.74, 6) is 0.386. The smallest absolute Gasteiger partial charge is 0.383 e. The Hall–Kier alpha value is -1.04. The van der Waals surface area contributed by atoms with Gasteiger partial charge in [-0.2, -0.15) is 13.2 Å². The monoisotopic (exact) mass is 266 g/mol. The first kappa shape index (κ1) is 17.0. The molecule has 0 N–H and O–H groups in total. The van der Waals surface area contributed by atoms with E-state index < -0.39 is 11.9 Å². The van der Waals surface area contributed by atoms with Gasteiger partial charge in [0.1, 0.15) is 5.82 Å². The number of imidazole rings is 1. The van der Waals surface area contributed by atoms with Crippen LogP contribution in [0.4, 0.5) is 13.2 Å². The number of ether oxygens (including phenoxy) is 1. The van der Waals surface area contributed by atoms with E-state index in [1.165, 1.54) is 11.7 Å². The maximum Gasteiger partial charge on any atom is 0.434 e. The van der Waals surface area contributed by atoms with Crippen LogP contribution in [0.25, 0.3) is 0 Å². The minimum absolute atomic E-state index is 0.0482. The lowest BCUT2D eigenvalue weighted by Crippen LogP contribution is -2.08. The number of aromatic nitrogens is 2. The summed E-state index contributed by atoms with van der Waals surface area (Å²) in [7, 11) is 1.51. The number of hydrogen-bond donors (Lipinski definition) is 0. The number of rotatable bonds is 4. The summed E-state index contributed by atoms with van der Waals surface area (Å²) in [6.45, 7) is 8.37. The first-order chi connectivity index (χ1) is 8.36. The standard InChI is InChI=1S/C10H15F3N2O.C2H6/c1-7(2)9-14-8(10(11,12)13)6-15(9)4-5-16-3;1-2/h6-7H,4-5H2,1-3H3;1-2H3. The molecule has 0 saturated heterocycles. The maximum atomic E-state index is 12.5. The van der Waals surface area contributed by atoms with Crippen molar-refractivity contribution in [3.63, 3.8) is 0 Å². The molecule has 1 aromatic rings. The second-order valence-electron chi connectivity index (χ2n) is 3.82. The van der Waals surface area contributed by atoms with Crippen molar-refractivity contribution < 1.29 is 17.9 Å². The third-order valence-electron chi connectivity index (χ3n) is 2.15. The summed E-state index contributed by atoms with van der Waals surface area (Å²) < 4.78 is 43.7. The summed E-state index contributed by atoms with van der Waals surface area (Å²) in [5.41, 5.74) is -0.840. The zero-order valence-electron chi connectivity index (χ0n) is 11.5. The van der Waals surface area contributed by atoms with Gasteiger partial charge < -0.3 is 9.30 Å². The summed E-state index contributed by atoms with van der Waals surface area (Å²) in [5, 5.41) is 0. The number of hydrogen-bond acceptors (Lipinski definition) is 2. The topological polar surface area (TPSA) is 27.1 Å². The summed E-state index contributed by atoms with van der Waals surface area (Å²) >= 11 is 0. The van der Waals surface area contributed by atoms with Crippen LogP contribution in [0.1, 0.15) is 45.1 Å². The van der Waals surface area contributed by atoms with Crippen LogP contribution in [0, 0.1) is 0 Å². The van der Waals surface area contributed by atoms with Gasteiger partial charge in [0.15, 0.2) is 5.69 Å². The maximum absolute atomic E-state index is 12.5. The molecule has 6 heteroatoms. The third-order valence-corrected chi connectivity index (χ3v) is 2.15. The normalized spacial score (nSPS) is 11.4. The molecule has 0 bridgehead atoms. The zero-order valence-corrected chi connectivity index (χ0v) is 11.5.